The third-order valence-corrected chi connectivity index (χ3v) is 4.33. The number of carbonyl (C=O) groups excluding carboxylic acids is 1. The minimum Gasteiger partial charge on any atom is -0.422 e. The lowest BCUT2D eigenvalue weighted by Gasteiger charge is -2.25. The lowest BCUT2D eigenvalue weighted by atomic mass is 9.85. The second kappa shape index (κ2) is 5.55. The Morgan fingerprint density at radius 3 is 2.72 bits per heavy atom. The topological polar surface area (TPSA) is 102 Å². The Bertz CT molecular complexity index is 1090. The highest BCUT2D eigenvalue weighted by molar-refractivity contribution is 6.04. The molecule has 2 heterocycles. The number of amides is 1. The van der Waals surface area contributed by atoms with Gasteiger partial charge in [-0.25, -0.2) is 4.79 Å². The molecule has 2 aromatic carbocycles. The number of hydrogen-bond acceptors (Lipinski definition) is 5. The molecule has 0 spiro atoms. The summed E-state index contributed by atoms with van der Waals surface area (Å²) >= 11 is 0. The van der Waals surface area contributed by atoms with E-state index in [2.05, 4.69) is 5.32 Å². The van der Waals surface area contributed by atoms with Crippen LogP contribution in [-0.2, 0) is 4.79 Å². The van der Waals surface area contributed by atoms with Crippen molar-refractivity contribution in [1.29, 1.82) is 0 Å². The number of nitro benzene ring substituents is 1. The fraction of sp³-hybridized carbons (Fsp3) is 0.111. The number of nitrogens with one attached hydrogen (secondary N) is 1. The predicted molar refractivity (Wildman–Crippen MR) is 90.7 cm³/mol. The van der Waals surface area contributed by atoms with Gasteiger partial charge in [0, 0.05) is 29.9 Å². The zero-order valence-corrected chi connectivity index (χ0v) is 12.9. The largest absolute Gasteiger partial charge is 0.422 e. The molecule has 1 unspecified atom stereocenters. The molecule has 0 aliphatic carbocycles. The van der Waals surface area contributed by atoms with E-state index >= 15 is 0 Å². The molecule has 1 N–H and O–H groups in total. The molecule has 0 bridgehead atoms. The van der Waals surface area contributed by atoms with Crippen LogP contribution in [0.15, 0.2) is 57.7 Å². The summed E-state index contributed by atoms with van der Waals surface area (Å²) in [5, 5.41) is 14.4. The summed E-state index contributed by atoms with van der Waals surface area (Å²) in [7, 11) is 0. The van der Waals surface area contributed by atoms with Gasteiger partial charge in [0.25, 0.3) is 5.69 Å². The zero-order valence-electron chi connectivity index (χ0n) is 12.9. The van der Waals surface area contributed by atoms with Crippen LogP contribution in [0.3, 0.4) is 0 Å². The molecule has 4 rings (SSSR count). The van der Waals surface area contributed by atoms with E-state index in [1.54, 1.807) is 36.4 Å². The Kier molecular flexibility index (Phi) is 3.35. The molecule has 25 heavy (non-hydrogen) atoms. The van der Waals surface area contributed by atoms with Crippen molar-refractivity contribution in [2.24, 2.45) is 0 Å². The molecule has 7 heteroatoms. The van der Waals surface area contributed by atoms with E-state index in [0.29, 0.717) is 27.8 Å². The number of para-hydroxylation sites is 1. The van der Waals surface area contributed by atoms with Gasteiger partial charge in [-0.3, -0.25) is 14.9 Å². The van der Waals surface area contributed by atoms with E-state index in [4.69, 9.17) is 4.42 Å². The molecule has 7 nitrogen and oxygen atoms in total. The van der Waals surface area contributed by atoms with E-state index in [9.17, 15) is 19.7 Å². The number of nitrogens with zero attached hydrogens (tertiary/aromatic N) is 1. The molecule has 1 atom stereocenters. The summed E-state index contributed by atoms with van der Waals surface area (Å²) in [4.78, 5) is 35.3. The molecular weight excluding hydrogens is 324 g/mol. The number of anilines is 1. The third kappa shape index (κ3) is 2.46. The van der Waals surface area contributed by atoms with Gasteiger partial charge in [-0.1, -0.05) is 24.3 Å². The standard InChI is InChI=1S/C18H12N2O5/c21-15-9-13(10-4-3-5-11(8-10)20(23)24)16-17(19-15)12-6-1-2-7-14(12)25-18(16)22/h1-8,13H,9H2,(H,19,21). The summed E-state index contributed by atoms with van der Waals surface area (Å²) < 4.78 is 5.38. The zero-order chi connectivity index (χ0) is 17.6. The summed E-state index contributed by atoms with van der Waals surface area (Å²) in [6, 6.07) is 12.9. The van der Waals surface area contributed by atoms with Crippen LogP contribution < -0.4 is 10.9 Å². The number of carbonyl (C=O) groups is 1. The lowest BCUT2D eigenvalue weighted by molar-refractivity contribution is -0.384. The van der Waals surface area contributed by atoms with Gasteiger partial charge in [0.05, 0.1) is 16.2 Å². The van der Waals surface area contributed by atoms with E-state index < -0.39 is 16.5 Å². The Balaban J connectivity index is 1.98. The van der Waals surface area contributed by atoms with Gasteiger partial charge in [0.2, 0.25) is 5.91 Å². The first-order chi connectivity index (χ1) is 12.0. The van der Waals surface area contributed by atoms with E-state index in [-0.39, 0.29) is 18.0 Å². The van der Waals surface area contributed by atoms with Crippen molar-refractivity contribution in [2.75, 3.05) is 5.32 Å². The number of non-ortho nitro benzene ring substituents is 1. The monoisotopic (exact) mass is 336 g/mol. The number of nitro groups is 1. The van der Waals surface area contributed by atoms with E-state index in [1.807, 2.05) is 0 Å². The maximum absolute atomic E-state index is 12.5. The Labute approximate surface area is 141 Å². The normalized spacial score (nSPS) is 16.3. The van der Waals surface area contributed by atoms with Crippen LogP contribution >= 0.6 is 0 Å². The summed E-state index contributed by atoms with van der Waals surface area (Å²) in [5.41, 5.74) is 1.01. The van der Waals surface area contributed by atoms with Crippen LogP contribution in [-0.4, -0.2) is 10.8 Å². The second-order valence-corrected chi connectivity index (χ2v) is 5.83. The molecule has 1 amide bonds. The average Bonchev–Trinajstić information content (AvgIpc) is 2.61. The molecule has 1 aliphatic heterocycles. The minimum atomic E-state index is -0.593. The van der Waals surface area contributed by atoms with Gasteiger partial charge in [0.15, 0.2) is 0 Å². The predicted octanol–water partition coefficient (Wildman–Crippen LogP) is 3.18. The lowest BCUT2D eigenvalue weighted by Crippen LogP contribution is -2.28. The van der Waals surface area contributed by atoms with Crippen molar-refractivity contribution < 1.29 is 14.1 Å². The van der Waals surface area contributed by atoms with Crippen molar-refractivity contribution in [1.82, 2.24) is 0 Å². The molecule has 124 valence electrons. The summed E-state index contributed by atoms with van der Waals surface area (Å²) in [5.74, 6) is -0.843. The van der Waals surface area contributed by atoms with Crippen LogP contribution in [0.1, 0.15) is 23.5 Å². The molecule has 0 saturated carbocycles. The van der Waals surface area contributed by atoms with Gasteiger partial charge >= 0.3 is 5.63 Å². The van der Waals surface area contributed by atoms with Crippen molar-refractivity contribution in [3.8, 4) is 0 Å². The fourth-order valence-electron chi connectivity index (χ4n) is 3.23. The van der Waals surface area contributed by atoms with E-state index in [1.165, 1.54) is 12.1 Å². The SMILES string of the molecule is O=C1CC(c2cccc([N+](=O)[O-])c2)c2c(c3ccccc3oc2=O)N1. The smallest absolute Gasteiger partial charge is 0.342 e. The number of hydrogen-bond donors (Lipinski definition) is 1. The highest BCUT2D eigenvalue weighted by Crippen LogP contribution is 2.39. The molecule has 1 aliphatic rings. The summed E-state index contributed by atoms with van der Waals surface area (Å²) in [6.07, 6.45) is 0.0251. The maximum atomic E-state index is 12.5. The quantitative estimate of drug-likeness (QED) is 0.440. The fourth-order valence-corrected chi connectivity index (χ4v) is 3.23. The molecule has 0 fully saturated rings. The summed E-state index contributed by atoms with van der Waals surface area (Å²) in [6.45, 7) is 0. The van der Waals surface area contributed by atoms with Crippen LogP contribution in [0.25, 0.3) is 11.0 Å². The highest BCUT2D eigenvalue weighted by Gasteiger charge is 2.32. The van der Waals surface area contributed by atoms with Crippen molar-refractivity contribution in [2.45, 2.75) is 12.3 Å². The van der Waals surface area contributed by atoms with Gasteiger partial charge < -0.3 is 9.73 Å². The first-order valence-corrected chi connectivity index (χ1v) is 7.64. The molecule has 3 aromatic rings. The first kappa shape index (κ1) is 15.1. The van der Waals surface area contributed by atoms with Gasteiger partial charge in [-0.05, 0) is 17.7 Å². The number of fused-ring (bicyclic) bond motifs is 3. The number of benzene rings is 2. The Morgan fingerprint density at radius 1 is 1.12 bits per heavy atom. The average molecular weight is 336 g/mol. The van der Waals surface area contributed by atoms with Crippen LogP contribution in [0.5, 0.6) is 0 Å². The van der Waals surface area contributed by atoms with Gasteiger partial charge in [-0.15, -0.1) is 0 Å². The van der Waals surface area contributed by atoms with Crippen molar-refractivity contribution >= 4 is 28.3 Å². The van der Waals surface area contributed by atoms with Crippen molar-refractivity contribution in [3.63, 3.8) is 0 Å². The number of rotatable bonds is 2. The van der Waals surface area contributed by atoms with Crippen LogP contribution in [0.4, 0.5) is 11.4 Å². The van der Waals surface area contributed by atoms with Crippen LogP contribution in [0, 0.1) is 10.1 Å². The molecule has 0 saturated heterocycles. The maximum Gasteiger partial charge on any atom is 0.342 e. The minimum absolute atomic E-state index is 0.0251. The molecule has 0 radical (unpaired) electrons. The Hall–Kier alpha value is -3.48. The van der Waals surface area contributed by atoms with Gasteiger partial charge in [-0.2, -0.15) is 0 Å². The third-order valence-electron chi connectivity index (χ3n) is 4.33. The Morgan fingerprint density at radius 2 is 1.92 bits per heavy atom. The first-order valence-electron chi connectivity index (χ1n) is 7.64. The van der Waals surface area contributed by atoms with E-state index in [0.717, 1.165) is 0 Å². The second-order valence-electron chi connectivity index (χ2n) is 5.83. The molecule has 1 aromatic heterocycles. The van der Waals surface area contributed by atoms with Gasteiger partial charge in [0.1, 0.15) is 5.58 Å². The van der Waals surface area contributed by atoms with Crippen LogP contribution in [0.2, 0.25) is 0 Å². The van der Waals surface area contributed by atoms with Crippen molar-refractivity contribution in [3.05, 3.63) is 80.2 Å². The highest BCUT2D eigenvalue weighted by atomic mass is 16.6. The molecular formula is C18H12N2O5.